The maximum atomic E-state index is 12.6. The van der Waals surface area contributed by atoms with Gasteiger partial charge in [-0.2, -0.15) is 9.78 Å². The van der Waals surface area contributed by atoms with E-state index in [2.05, 4.69) is 36.3 Å². The Morgan fingerprint density at radius 2 is 1.86 bits per heavy atom. The van der Waals surface area contributed by atoms with Crippen molar-refractivity contribution in [3.05, 3.63) is 83.5 Å². The van der Waals surface area contributed by atoms with Gasteiger partial charge in [0.15, 0.2) is 5.13 Å². The normalized spacial score (nSPS) is 10.8. The van der Waals surface area contributed by atoms with Gasteiger partial charge in [-0.25, -0.2) is 9.78 Å². The number of halogens is 1. The van der Waals surface area contributed by atoms with Crippen molar-refractivity contribution in [3.63, 3.8) is 0 Å². The highest BCUT2D eigenvalue weighted by atomic mass is 79.9. The lowest BCUT2D eigenvalue weighted by atomic mass is 10.1. The molecule has 4 rings (SSSR count). The van der Waals surface area contributed by atoms with E-state index >= 15 is 0 Å². The topological polar surface area (TPSA) is 128 Å². The van der Waals surface area contributed by atoms with Crippen LogP contribution in [0.2, 0.25) is 0 Å². The summed E-state index contributed by atoms with van der Waals surface area (Å²) in [5.74, 6) is 1.09. The lowest BCUT2D eigenvalue weighted by Crippen LogP contribution is -2.37. The first-order chi connectivity index (χ1) is 16.7. The summed E-state index contributed by atoms with van der Waals surface area (Å²) in [5.41, 5.74) is -0.328. The quantitative estimate of drug-likeness (QED) is 0.365. The van der Waals surface area contributed by atoms with Gasteiger partial charge in [0.05, 0.1) is 17.3 Å². The Hall–Kier alpha value is -3.77. The minimum Gasteiger partial charge on any atom is -0.496 e. The molecule has 2 aromatic heterocycles. The average molecular weight is 558 g/mol. The number of carbonyl (C=O) groups is 1. The number of ether oxygens (including phenoxy) is 2. The maximum Gasteiger partial charge on any atom is 0.349 e. The standard InChI is InChI=1S/C23H20BrN5O5S/c1-11-7-14(8-12(2)19(11)34-15-5-6-17(33-4)16(24)9-15)29-23(32)27-21(31)18(28-29)20(30)26-22-25-10-13(3)35-22/h5-10H,1-4H3,(H,25,26,30)(H,27,31,32). The number of rotatable bonds is 6. The van der Waals surface area contributed by atoms with Crippen LogP contribution in [0.1, 0.15) is 26.5 Å². The van der Waals surface area contributed by atoms with Crippen molar-refractivity contribution >= 4 is 38.3 Å². The molecule has 0 saturated heterocycles. The number of amides is 1. The first kappa shape index (κ1) is 24.4. The Kier molecular flexibility index (Phi) is 6.85. The van der Waals surface area contributed by atoms with Gasteiger partial charge >= 0.3 is 5.69 Å². The van der Waals surface area contributed by atoms with E-state index in [0.717, 1.165) is 25.2 Å². The Morgan fingerprint density at radius 1 is 1.14 bits per heavy atom. The predicted molar refractivity (Wildman–Crippen MR) is 136 cm³/mol. The molecule has 12 heteroatoms. The molecule has 4 aromatic rings. The summed E-state index contributed by atoms with van der Waals surface area (Å²) in [6.07, 6.45) is 1.60. The highest BCUT2D eigenvalue weighted by Crippen LogP contribution is 2.34. The second kappa shape index (κ2) is 9.84. The van der Waals surface area contributed by atoms with Crippen LogP contribution in [0.5, 0.6) is 17.2 Å². The highest BCUT2D eigenvalue weighted by molar-refractivity contribution is 9.10. The SMILES string of the molecule is COc1ccc(Oc2c(C)cc(-n3nc(C(=O)Nc4ncc(C)s4)c(=O)[nH]c3=O)cc2C)cc1Br. The molecule has 0 aliphatic carbocycles. The van der Waals surface area contributed by atoms with E-state index in [-0.39, 0.29) is 0 Å². The smallest absolute Gasteiger partial charge is 0.349 e. The number of aromatic amines is 1. The maximum absolute atomic E-state index is 12.6. The van der Waals surface area contributed by atoms with E-state index in [0.29, 0.717) is 28.1 Å². The predicted octanol–water partition coefficient (Wildman–Crippen LogP) is 4.12. The second-order valence-electron chi connectivity index (χ2n) is 7.56. The van der Waals surface area contributed by atoms with Gasteiger partial charge in [-0.05, 0) is 78.2 Å². The van der Waals surface area contributed by atoms with E-state index in [1.807, 2.05) is 20.8 Å². The van der Waals surface area contributed by atoms with Crippen molar-refractivity contribution in [2.75, 3.05) is 12.4 Å². The van der Waals surface area contributed by atoms with Crippen LogP contribution in [0.4, 0.5) is 5.13 Å². The first-order valence-corrected chi connectivity index (χ1v) is 11.9. The molecule has 0 atom stereocenters. The minimum absolute atomic E-state index is 0.324. The summed E-state index contributed by atoms with van der Waals surface area (Å²) >= 11 is 4.69. The summed E-state index contributed by atoms with van der Waals surface area (Å²) in [5, 5.41) is 6.89. The van der Waals surface area contributed by atoms with Crippen molar-refractivity contribution in [2.45, 2.75) is 20.8 Å². The average Bonchev–Trinajstić information content (AvgIpc) is 3.20. The largest absolute Gasteiger partial charge is 0.496 e. The van der Waals surface area contributed by atoms with Gasteiger partial charge in [-0.3, -0.25) is 19.9 Å². The zero-order valence-corrected chi connectivity index (χ0v) is 21.5. The molecule has 2 aromatic carbocycles. The Bertz CT molecular complexity index is 1540. The molecule has 0 bridgehead atoms. The third-order valence-electron chi connectivity index (χ3n) is 4.92. The van der Waals surface area contributed by atoms with Gasteiger partial charge in [0.2, 0.25) is 5.69 Å². The van der Waals surface area contributed by atoms with Crippen molar-refractivity contribution in [1.29, 1.82) is 0 Å². The monoisotopic (exact) mass is 557 g/mol. The third kappa shape index (κ3) is 5.17. The summed E-state index contributed by atoms with van der Waals surface area (Å²) in [6.45, 7) is 5.48. The lowest BCUT2D eigenvalue weighted by molar-refractivity contribution is 0.101. The van der Waals surface area contributed by atoms with Gasteiger partial charge in [0.1, 0.15) is 17.2 Å². The minimum atomic E-state index is -0.893. The molecular weight excluding hydrogens is 538 g/mol. The number of aryl methyl sites for hydroxylation is 3. The number of thiazole rings is 1. The molecule has 0 radical (unpaired) electrons. The van der Waals surface area contributed by atoms with Crippen molar-refractivity contribution < 1.29 is 14.3 Å². The molecule has 180 valence electrons. The molecule has 2 N–H and O–H groups in total. The third-order valence-corrected chi connectivity index (χ3v) is 6.37. The summed E-state index contributed by atoms with van der Waals surface area (Å²) < 4.78 is 13.0. The Labute approximate surface area is 211 Å². The zero-order valence-electron chi connectivity index (χ0n) is 19.1. The van der Waals surface area contributed by atoms with Gasteiger partial charge < -0.3 is 9.47 Å². The molecule has 0 saturated carbocycles. The molecule has 0 unspecified atom stereocenters. The number of methoxy groups -OCH3 is 1. The number of aromatic nitrogens is 4. The van der Waals surface area contributed by atoms with E-state index in [1.165, 1.54) is 11.3 Å². The van der Waals surface area contributed by atoms with E-state index in [1.54, 1.807) is 43.6 Å². The molecule has 10 nitrogen and oxygen atoms in total. The summed E-state index contributed by atoms with van der Waals surface area (Å²) in [7, 11) is 1.58. The van der Waals surface area contributed by atoms with Crippen LogP contribution in [0, 0.1) is 20.8 Å². The molecule has 0 fully saturated rings. The first-order valence-electron chi connectivity index (χ1n) is 10.3. The number of nitrogens with zero attached hydrogens (tertiary/aromatic N) is 3. The number of H-pyrrole nitrogens is 1. The van der Waals surface area contributed by atoms with Crippen LogP contribution >= 0.6 is 27.3 Å². The van der Waals surface area contributed by atoms with Crippen LogP contribution < -0.4 is 26.0 Å². The highest BCUT2D eigenvalue weighted by Gasteiger charge is 2.19. The van der Waals surface area contributed by atoms with Crippen LogP contribution in [-0.2, 0) is 0 Å². The number of hydrogen-bond donors (Lipinski definition) is 2. The zero-order chi connectivity index (χ0) is 25.3. The number of hydrogen-bond acceptors (Lipinski definition) is 8. The fraction of sp³-hybridized carbons (Fsp3) is 0.174. The molecule has 1 amide bonds. The molecule has 35 heavy (non-hydrogen) atoms. The Morgan fingerprint density at radius 3 is 2.46 bits per heavy atom. The van der Waals surface area contributed by atoms with Crippen LogP contribution in [0.25, 0.3) is 5.69 Å². The molecular formula is C23H20BrN5O5S. The summed E-state index contributed by atoms with van der Waals surface area (Å²) in [6, 6.07) is 8.70. The van der Waals surface area contributed by atoms with Crippen molar-refractivity contribution in [2.24, 2.45) is 0 Å². The Balaban J connectivity index is 1.67. The van der Waals surface area contributed by atoms with Crippen LogP contribution in [0.3, 0.4) is 0 Å². The fourth-order valence-corrected chi connectivity index (χ4v) is 4.51. The van der Waals surface area contributed by atoms with E-state index in [4.69, 9.17) is 9.47 Å². The second-order valence-corrected chi connectivity index (χ2v) is 9.65. The van der Waals surface area contributed by atoms with Gasteiger partial charge in [0, 0.05) is 11.1 Å². The van der Waals surface area contributed by atoms with Gasteiger partial charge in [-0.15, -0.1) is 11.3 Å². The van der Waals surface area contributed by atoms with Gasteiger partial charge in [0.25, 0.3) is 11.5 Å². The number of nitrogens with one attached hydrogen (secondary N) is 2. The molecule has 0 aliphatic rings. The number of benzene rings is 2. The number of carbonyl (C=O) groups excluding carboxylic acids is 1. The lowest BCUT2D eigenvalue weighted by Gasteiger charge is -2.15. The van der Waals surface area contributed by atoms with Crippen LogP contribution in [0.15, 0.2) is 50.6 Å². The van der Waals surface area contributed by atoms with Crippen LogP contribution in [-0.4, -0.2) is 32.8 Å². The van der Waals surface area contributed by atoms with E-state index < -0.39 is 22.9 Å². The molecule has 2 heterocycles. The number of anilines is 1. The van der Waals surface area contributed by atoms with Gasteiger partial charge in [-0.1, -0.05) is 0 Å². The fourth-order valence-electron chi connectivity index (χ4n) is 3.33. The van der Waals surface area contributed by atoms with E-state index in [9.17, 15) is 14.4 Å². The molecule has 0 spiro atoms. The summed E-state index contributed by atoms with van der Waals surface area (Å²) in [4.78, 5) is 44.5. The van der Waals surface area contributed by atoms with Crippen molar-refractivity contribution in [3.8, 4) is 22.9 Å². The molecule has 0 aliphatic heterocycles. The van der Waals surface area contributed by atoms with Crippen molar-refractivity contribution in [1.82, 2.24) is 19.7 Å².